The second-order valence-corrected chi connectivity index (χ2v) is 6.36. The lowest BCUT2D eigenvalue weighted by molar-refractivity contribution is 0.0993. The Balaban J connectivity index is 1.77. The number of carbonyl (C=O) groups is 1. The van der Waals surface area contributed by atoms with Crippen LogP contribution in [-0.2, 0) is 0 Å². The lowest BCUT2D eigenvalue weighted by Gasteiger charge is -2.26. The standard InChI is InChI=1S/C21H19N3O/c1-14-5-9-16(10-6-14)23-20-19-18(4-3-13-22-19)21(25)24(20)17-11-7-15(2)8-12-17/h3-13,20,23H,1-2H3/t20-/m0/s1. The molecule has 3 aromatic rings. The summed E-state index contributed by atoms with van der Waals surface area (Å²) >= 11 is 0. The van der Waals surface area contributed by atoms with Gasteiger partial charge in [-0.2, -0.15) is 0 Å². The fourth-order valence-corrected chi connectivity index (χ4v) is 3.10. The Hall–Kier alpha value is -3.14. The Morgan fingerprint density at radius 2 is 1.56 bits per heavy atom. The van der Waals surface area contributed by atoms with E-state index in [0.29, 0.717) is 5.56 Å². The lowest BCUT2D eigenvalue weighted by atomic mass is 10.2. The molecule has 4 heteroatoms. The Labute approximate surface area is 147 Å². The smallest absolute Gasteiger partial charge is 0.262 e. The van der Waals surface area contributed by atoms with Gasteiger partial charge in [0.25, 0.3) is 5.91 Å². The number of aromatic nitrogens is 1. The maximum Gasteiger partial charge on any atom is 0.262 e. The van der Waals surface area contributed by atoms with Crippen LogP contribution in [-0.4, -0.2) is 10.9 Å². The Morgan fingerprint density at radius 3 is 2.24 bits per heavy atom. The molecule has 0 saturated carbocycles. The van der Waals surface area contributed by atoms with Crippen molar-refractivity contribution in [2.24, 2.45) is 0 Å². The highest BCUT2D eigenvalue weighted by atomic mass is 16.2. The summed E-state index contributed by atoms with van der Waals surface area (Å²) in [5, 5.41) is 3.46. The van der Waals surface area contributed by atoms with E-state index in [1.165, 1.54) is 5.56 Å². The predicted molar refractivity (Wildman–Crippen MR) is 99.8 cm³/mol. The van der Waals surface area contributed by atoms with Gasteiger partial charge in [-0.1, -0.05) is 35.4 Å². The average molecular weight is 329 g/mol. The zero-order valence-electron chi connectivity index (χ0n) is 14.2. The Bertz CT molecular complexity index is 917. The van der Waals surface area contributed by atoms with Gasteiger partial charge in [0.1, 0.15) is 0 Å². The zero-order chi connectivity index (χ0) is 17.4. The number of nitrogens with one attached hydrogen (secondary N) is 1. The lowest BCUT2D eigenvalue weighted by Crippen LogP contribution is -2.32. The van der Waals surface area contributed by atoms with E-state index in [-0.39, 0.29) is 12.1 Å². The maximum atomic E-state index is 13.0. The number of pyridine rings is 1. The molecule has 124 valence electrons. The van der Waals surface area contributed by atoms with Crippen molar-refractivity contribution in [2.75, 3.05) is 10.2 Å². The third-order valence-electron chi connectivity index (χ3n) is 4.47. The van der Waals surface area contributed by atoms with Crippen LogP contribution in [0.25, 0.3) is 0 Å². The number of hydrogen-bond acceptors (Lipinski definition) is 3. The van der Waals surface area contributed by atoms with Gasteiger partial charge in [-0.05, 0) is 50.2 Å². The van der Waals surface area contributed by atoms with Crippen molar-refractivity contribution in [3.8, 4) is 0 Å². The van der Waals surface area contributed by atoms with E-state index in [0.717, 1.165) is 22.6 Å². The summed E-state index contributed by atoms with van der Waals surface area (Å²) in [5.41, 5.74) is 5.58. The van der Waals surface area contributed by atoms with Crippen LogP contribution >= 0.6 is 0 Å². The second-order valence-electron chi connectivity index (χ2n) is 6.36. The first kappa shape index (κ1) is 15.4. The number of hydrogen-bond donors (Lipinski definition) is 1. The molecule has 0 fully saturated rings. The third-order valence-corrected chi connectivity index (χ3v) is 4.47. The number of carbonyl (C=O) groups excluding carboxylic acids is 1. The van der Waals surface area contributed by atoms with E-state index < -0.39 is 0 Å². The normalized spacial score (nSPS) is 16.0. The first-order valence-corrected chi connectivity index (χ1v) is 8.32. The van der Waals surface area contributed by atoms with E-state index in [9.17, 15) is 4.79 Å². The number of benzene rings is 2. The molecule has 1 amide bonds. The van der Waals surface area contributed by atoms with Gasteiger partial charge in [-0.15, -0.1) is 0 Å². The minimum atomic E-state index is -0.325. The Kier molecular flexibility index (Phi) is 3.73. The number of nitrogens with zero attached hydrogens (tertiary/aromatic N) is 2. The molecule has 0 unspecified atom stereocenters. The van der Waals surface area contributed by atoms with Gasteiger partial charge >= 0.3 is 0 Å². The predicted octanol–water partition coefficient (Wildman–Crippen LogP) is 4.47. The molecule has 25 heavy (non-hydrogen) atoms. The highest BCUT2D eigenvalue weighted by Gasteiger charge is 2.38. The summed E-state index contributed by atoms with van der Waals surface area (Å²) in [4.78, 5) is 19.2. The van der Waals surface area contributed by atoms with E-state index in [1.54, 1.807) is 17.2 Å². The number of fused-ring (bicyclic) bond motifs is 1. The van der Waals surface area contributed by atoms with Crippen LogP contribution in [0.15, 0.2) is 66.9 Å². The zero-order valence-corrected chi connectivity index (χ0v) is 14.2. The summed E-state index contributed by atoms with van der Waals surface area (Å²) in [7, 11) is 0. The van der Waals surface area contributed by atoms with Crippen LogP contribution in [0.1, 0.15) is 33.3 Å². The molecular formula is C21H19N3O. The fraction of sp³-hybridized carbons (Fsp3) is 0.143. The first-order chi connectivity index (χ1) is 12.1. The van der Waals surface area contributed by atoms with Gasteiger partial charge in [0.2, 0.25) is 0 Å². The minimum Gasteiger partial charge on any atom is -0.360 e. The molecule has 4 rings (SSSR count). The topological polar surface area (TPSA) is 45.2 Å². The molecule has 0 radical (unpaired) electrons. The summed E-state index contributed by atoms with van der Waals surface area (Å²) in [6.45, 7) is 4.09. The van der Waals surface area contributed by atoms with Crippen LogP contribution in [0, 0.1) is 13.8 Å². The first-order valence-electron chi connectivity index (χ1n) is 8.32. The Morgan fingerprint density at radius 1 is 0.920 bits per heavy atom. The molecule has 4 nitrogen and oxygen atoms in total. The fourth-order valence-electron chi connectivity index (χ4n) is 3.10. The summed E-state index contributed by atoms with van der Waals surface area (Å²) in [6, 6.07) is 19.8. The molecule has 0 bridgehead atoms. The number of rotatable bonds is 3. The van der Waals surface area contributed by atoms with Gasteiger partial charge in [-0.3, -0.25) is 14.7 Å². The maximum absolute atomic E-state index is 13.0. The van der Waals surface area contributed by atoms with Gasteiger partial charge < -0.3 is 5.32 Å². The van der Waals surface area contributed by atoms with Crippen molar-refractivity contribution < 1.29 is 4.79 Å². The minimum absolute atomic E-state index is 0.0310. The largest absolute Gasteiger partial charge is 0.360 e. The van der Waals surface area contributed by atoms with Crippen LogP contribution in [0.2, 0.25) is 0 Å². The van der Waals surface area contributed by atoms with Gasteiger partial charge in [0.15, 0.2) is 6.17 Å². The molecule has 1 N–H and O–H groups in total. The van der Waals surface area contributed by atoms with Gasteiger partial charge in [-0.25, -0.2) is 0 Å². The van der Waals surface area contributed by atoms with Crippen LogP contribution in [0.3, 0.4) is 0 Å². The molecule has 2 heterocycles. The van der Waals surface area contributed by atoms with Crippen molar-refractivity contribution in [3.63, 3.8) is 0 Å². The number of aryl methyl sites for hydroxylation is 2. The molecule has 0 saturated heterocycles. The second kappa shape index (κ2) is 6.06. The van der Waals surface area contributed by atoms with E-state index in [2.05, 4.69) is 29.4 Å². The third kappa shape index (κ3) is 2.76. The summed E-state index contributed by atoms with van der Waals surface area (Å²) < 4.78 is 0. The molecule has 1 aromatic heterocycles. The van der Waals surface area contributed by atoms with Gasteiger partial charge in [0.05, 0.1) is 11.3 Å². The average Bonchev–Trinajstić information content (AvgIpc) is 2.90. The summed E-state index contributed by atoms with van der Waals surface area (Å²) in [6.07, 6.45) is 1.41. The van der Waals surface area contributed by atoms with Crippen LogP contribution in [0.5, 0.6) is 0 Å². The van der Waals surface area contributed by atoms with E-state index >= 15 is 0 Å². The monoisotopic (exact) mass is 329 g/mol. The highest BCUT2D eigenvalue weighted by molar-refractivity contribution is 6.11. The van der Waals surface area contributed by atoms with E-state index in [1.807, 2.05) is 49.4 Å². The number of amides is 1. The highest BCUT2D eigenvalue weighted by Crippen LogP contribution is 2.36. The quantitative estimate of drug-likeness (QED) is 0.771. The molecular weight excluding hydrogens is 310 g/mol. The molecule has 2 aromatic carbocycles. The molecule has 0 spiro atoms. The number of anilines is 2. The molecule has 1 aliphatic rings. The van der Waals surface area contributed by atoms with Crippen LogP contribution < -0.4 is 10.2 Å². The SMILES string of the molecule is Cc1ccc(N[C@@H]2c3ncccc3C(=O)N2c2ccc(C)cc2)cc1. The van der Waals surface area contributed by atoms with Crippen LogP contribution in [0.4, 0.5) is 11.4 Å². The summed E-state index contributed by atoms with van der Waals surface area (Å²) in [5.74, 6) is -0.0310. The van der Waals surface area contributed by atoms with Crippen molar-refractivity contribution in [3.05, 3.63) is 89.2 Å². The van der Waals surface area contributed by atoms with Crippen molar-refractivity contribution in [1.29, 1.82) is 0 Å². The molecule has 1 aliphatic heterocycles. The molecule has 1 atom stereocenters. The van der Waals surface area contributed by atoms with Crippen molar-refractivity contribution in [2.45, 2.75) is 20.0 Å². The van der Waals surface area contributed by atoms with Crippen molar-refractivity contribution >= 4 is 17.3 Å². The van der Waals surface area contributed by atoms with Crippen molar-refractivity contribution in [1.82, 2.24) is 4.98 Å². The van der Waals surface area contributed by atoms with E-state index in [4.69, 9.17) is 0 Å². The van der Waals surface area contributed by atoms with Gasteiger partial charge in [0, 0.05) is 17.6 Å². The molecule has 0 aliphatic carbocycles.